The summed E-state index contributed by atoms with van der Waals surface area (Å²) in [5, 5.41) is 2.87. The second kappa shape index (κ2) is 9.75. The van der Waals surface area contributed by atoms with Gasteiger partial charge in [0, 0.05) is 16.3 Å². The third-order valence-corrected chi connectivity index (χ3v) is 6.59. The molecule has 3 rings (SSSR count). The Labute approximate surface area is 172 Å². The summed E-state index contributed by atoms with van der Waals surface area (Å²) in [4.78, 5) is 14.3. The molecule has 0 saturated heterocycles. The van der Waals surface area contributed by atoms with Gasteiger partial charge in [-0.2, -0.15) is 0 Å². The van der Waals surface area contributed by atoms with E-state index in [-0.39, 0.29) is 17.4 Å². The highest BCUT2D eigenvalue weighted by atomic mass is 32.2. The lowest BCUT2D eigenvalue weighted by Gasteiger charge is -2.05. The Kier molecular flexibility index (Phi) is 7.12. The van der Waals surface area contributed by atoms with Crippen molar-refractivity contribution < 1.29 is 13.4 Å². The van der Waals surface area contributed by atoms with Gasteiger partial charge in [0.1, 0.15) is 5.76 Å². The zero-order valence-corrected chi connectivity index (χ0v) is 17.6. The van der Waals surface area contributed by atoms with Gasteiger partial charge in [0.25, 0.3) is 5.91 Å². The zero-order valence-electron chi connectivity index (χ0n) is 15.9. The predicted octanol–water partition coefficient (Wildman–Crippen LogP) is 4.59. The summed E-state index contributed by atoms with van der Waals surface area (Å²) in [6, 6.07) is 19.2. The molecule has 0 unspecified atom stereocenters. The van der Waals surface area contributed by atoms with E-state index in [1.54, 1.807) is 23.9 Å². The van der Waals surface area contributed by atoms with Gasteiger partial charge in [-0.15, -0.1) is 11.8 Å². The zero-order chi connectivity index (χ0) is 19.9. The van der Waals surface area contributed by atoms with Crippen LogP contribution in [0.5, 0.6) is 0 Å². The van der Waals surface area contributed by atoms with E-state index in [2.05, 4.69) is 29.6 Å². The van der Waals surface area contributed by atoms with E-state index >= 15 is 0 Å². The van der Waals surface area contributed by atoms with Crippen molar-refractivity contribution in [3.05, 3.63) is 83.3 Å². The molecule has 0 aliphatic rings. The van der Waals surface area contributed by atoms with Gasteiger partial charge in [0.2, 0.25) is 0 Å². The Morgan fingerprint density at radius 3 is 2.54 bits per heavy atom. The maximum absolute atomic E-state index is 12.5. The summed E-state index contributed by atoms with van der Waals surface area (Å²) in [5.74, 6) is 0.780. The van der Waals surface area contributed by atoms with Crippen LogP contribution >= 0.6 is 11.8 Å². The minimum absolute atomic E-state index is 0.245. The van der Waals surface area contributed by atoms with E-state index in [1.807, 2.05) is 37.4 Å². The lowest BCUT2D eigenvalue weighted by atomic mass is 10.1. The van der Waals surface area contributed by atoms with Crippen LogP contribution in [0.15, 0.2) is 74.9 Å². The lowest BCUT2D eigenvalue weighted by Crippen LogP contribution is -2.25. The molecule has 28 heavy (non-hydrogen) atoms. The van der Waals surface area contributed by atoms with Crippen molar-refractivity contribution in [3.8, 4) is 0 Å². The number of rotatable bonds is 8. The SMILES string of the molecule is CSc1ccc(CCNC(=O)c2ccc(C[S@@](=O)c3ccccc3C)o2)cc1. The topological polar surface area (TPSA) is 59.3 Å². The normalized spacial score (nSPS) is 11.9. The number of benzene rings is 2. The van der Waals surface area contributed by atoms with Crippen molar-refractivity contribution in [1.82, 2.24) is 5.32 Å². The van der Waals surface area contributed by atoms with Crippen LogP contribution in [0.3, 0.4) is 0 Å². The molecule has 4 nitrogen and oxygen atoms in total. The van der Waals surface area contributed by atoms with Crippen LogP contribution in [-0.2, 0) is 23.0 Å². The first-order chi connectivity index (χ1) is 13.6. The van der Waals surface area contributed by atoms with E-state index in [4.69, 9.17) is 4.42 Å². The van der Waals surface area contributed by atoms with Crippen molar-refractivity contribution in [2.45, 2.75) is 28.9 Å². The molecule has 0 fully saturated rings. The molecule has 2 aromatic carbocycles. The third kappa shape index (κ3) is 5.36. The highest BCUT2D eigenvalue weighted by Crippen LogP contribution is 2.18. The van der Waals surface area contributed by atoms with E-state index in [0.29, 0.717) is 12.3 Å². The highest BCUT2D eigenvalue weighted by molar-refractivity contribution is 7.98. The van der Waals surface area contributed by atoms with Gasteiger partial charge in [-0.1, -0.05) is 30.3 Å². The minimum atomic E-state index is -1.21. The Morgan fingerprint density at radius 2 is 1.82 bits per heavy atom. The van der Waals surface area contributed by atoms with Gasteiger partial charge in [-0.25, -0.2) is 0 Å². The van der Waals surface area contributed by atoms with E-state index < -0.39 is 10.8 Å². The number of nitrogens with one attached hydrogen (secondary N) is 1. The molecule has 1 heterocycles. The molecule has 0 aliphatic carbocycles. The van der Waals surface area contributed by atoms with Gasteiger partial charge in [-0.05, 0) is 61.1 Å². The molecule has 0 spiro atoms. The summed E-state index contributed by atoms with van der Waals surface area (Å²) < 4.78 is 18.1. The first-order valence-corrected chi connectivity index (χ1v) is 11.5. The molecule has 0 radical (unpaired) electrons. The number of aryl methyl sites for hydroxylation is 1. The average Bonchev–Trinajstić information content (AvgIpc) is 3.17. The first kappa shape index (κ1) is 20.4. The number of carbonyl (C=O) groups is 1. The second-order valence-electron chi connectivity index (χ2n) is 6.38. The van der Waals surface area contributed by atoms with Crippen molar-refractivity contribution in [2.75, 3.05) is 12.8 Å². The van der Waals surface area contributed by atoms with Crippen molar-refractivity contribution in [2.24, 2.45) is 0 Å². The summed E-state index contributed by atoms with van der Waals surface area (Å²) in [7, 11) is -1.21. The fourth-order valence-electron chi connectivity index (χ4n) is 2.80. The van der Waals surface area contributed by atoms with Crippen LogP contribution < -0.4 is 5.32 Å². The minimum Gasteiger partial charge on any atom is -0.455 e. The van der Waals surface area contributed by atoms with Crippen LogP contribution in [0, 0.1) is 6.92 Å². The number of thioether (sulfide) groups is 1. The highest BCUT2D eigenvalue weighted by Gasteiger charge is 2.14. The molecule has 146 valence electrons. The van der Waals surface area contributed by atoms with Gasteiger partial charge in [-0.3, -0.25) is 9.00 Å². The Bertz CT molecular complexity index is 964. The van der Waals surface area contributed by atoms with Gasteiger partial charge >= 0.3 is 0 Å². The van der Waals surface area contributed by atoms with E-state index in [0.717, 1.165) is 16.9 Å². The largest absolute Gasteiger partial charge is 0.455 e. The Hall–Kier alpha value is -2.31. The van der Waals surface area contributed by atoms with Crippen molar-refractivity contribution in [1.29, 1.82) is 0 Å². The fourth-order valence-corrected chi connectivity index (χ4v) is 4.43. The number of amides is 1. The Balaban J connectivity index is 1.52. The van der Waals surface area contributed by atoms with Crippen LogP contribution in [0.2, 0.25) is 0 Å². The summed E-state index contributed by atoms with van der Waals surface area (Å²) in [6.45, 7) is 2.46. The van der Waals surface area contributed by atoms with Gasteiger partial charge < -0.3 is 9.73 Å². The van der Waals surface area contributed by atoms with Crippen LogP contribution in [0.1, 0.15) is 27.4 Å². The molecular formula is C22H23NO3S2. The second-order valence-corrected chi connectivity index (χ2v) is 8.67. The number of furan rings is 1. The smallest absolute Gasteiger partial charge is 0.287 e. The number of hydrogen-bond acceptors (Lipinski definition) is 4. The Morgan fingerprint density at radius 1 is 1.07 bits per heavy atom. The molecule has 1 atom stereocenters. The van der Waals surface area contributed by atoms with Gasteiger partial charge in [0.05, 0.1) is 16.6 Å². The summed E-state index contributed by atoms with van der Waals surface area (Å²) >= 11 is 1.71. The standard InChI is InChI=1S/C22H23NO3S2/c1-16-5-3-4-6-21(16)28(25)15-18-9-12-20(26-18)22(24)23-14-13-17-7-10-19(27-2)11-8-17/h3-12H,13-15H2,1-2H3,(H,23,24)/t28-/m1/s1. The monoisotopic (exact) mass is 413 g/mol. The van der Waals surface area contributed by atoms with Gasteiger partial charge in [0.15, 0.2) is 5.76 Å². The molecular weight excluding hydrogens is 390 g/mol. The molecule has 0 aliphatic heterocycles. The van der Waals surface area contributed by atoms with Crippen molar-refractivity contribution in [3.63, 3.8) is 0 Å². The van der Waals surface area contributed by atoms with Crippen LogP contribution in [0.25, 0.3) is 0 Å². The number of hydrogen-bond donors (Lipinski definition) is 1. The molecule has 0 saturated carbocycles. The molecule has 1 amide bonds. The summed E-state index contributed by atoms with van der Waals surface area (Å²) in [5.41, 5.74) is 2.16. The first-order valence-electron chi connectivity index (χ1n) is 9.00. The molecule has 6 heteroatoms. The van der Waals surface area contributed by atoms with Crippen molar-refractivity contribution >= 4 is 28.5 Å². The molecule has 3 aromatic rings. The quantitative estimate of drug-likeness (QED) is 0.549. The lowest BCUT2D eigenvalue weighted by molar-refractivity contribution is 0.0925. The van der Waals surface area contributed by atoms with E-state index in [1.165, 1.54) is 10.5 Å². The third-order valence-electron chi connectivity index (χ3n) is 4.36. The number of carbonyl (C=O) groups excluding carboxylic acids is 1. The van der Waals surface area contributed by atoms with Crippen LogP contribution in [-0.4, -0.2) is 22.9 Å². The van der Waals surface area contributed by atoms with E-state index in [9.17, 15) is 9.00 Å². The molecule has 1 N–H and O–H groups in total. The van der Waals surface area contributed by atoms with Crippen LogP contribution in [0.4, 0.5) is 0 Å². The summed E-state index contributed by atoms with van der Waals surface area (Å²) in [6.07, 6.45) is 2.80. The maximum Gasteiger partial charge on any atom is 0.287 e. The fraction of sp³-hybridized carbons (Fsp3) is 0.227. The predicted molar refractivity (Wildman–Crippen MR) is 114 cm³/mol. The maximum atomic E-state index is 12.5. The molecule has 1 aromatic heterocycles. The average molecular weight is 414 g/mol. The molecule has 0 bridgehead atoms.